The third kappa shape index (κ3) is 4.10. The van der Waals surface area contributed by atoms with E-state index in [1.165, 1.54) is 0 Å². The Hall–Kier alpha value is -0.100. The van der Waals surface area contributed by atoms with E-state index in [2.05, 4.69) is 31.9 Å². The molecule has 4 nitrogen and oxygen atoms in total. The van der Waals surface area contributed by atoms with Crippen LogP contribution in [0.2, 0.25) is 0 Å². The summed E-state index contributed by atoms with van der Waals surface area (Å²) in [5, 5.41) is 0.339. The van der Waals surface area contributed by atoms with E-state index < -0.39 is 0 Å². The van der Waals surface area contributed by atoms with Crippen LogP contribution >= 0.6 is 31.9 Å². The second-order valence-corrected chi connectivity index (χ2v) is 4.38. The van der Waals surface area contributed by atoms with E-state index in [0.717, 1.165) is 19.3 Å². The molecule has 1 fully saturated rings. The van der Waals surface area contributed by atoms with Gasteiger partial charge in [0.15, 0.2) is 0 Å². The molecule has 0 amide bonds. The topological polar surface area (TPSA) is 52.6 Å². The van der Waals surface area contributed by atoms with Crippen molar-refractivity contribution < 1.29 is 19.1 Å². The van der Waals surface area contributed by atoms with Gasteiger partial charge < -0.3 is 9.47 Å². The molecule has 0 aliphatic heterocycles. The first-order valence-corrected chi connectivity index (χ1v) is 6.92. The number of hydrogen-bond donors (Lipinski definition) is 0. The molecular formula is C9H12Br2O4. The zero-order valence-corrected chi connectivity index (χ0v) is 11.3. The molecular weight excluding hydrogens is 332 g/mol. The summed E-state index contributed by atoms with van der Waals surface area (Å²) >= 11 is 6.03. The van der Waals surface area contributed by atoms with Crippen molar-refractivity contribution in [2.75, 3.05) is 10.7 Å². The molecule has 1 aliphatic rings. The predicted molar refractivity (Wildman–Crippen MR) is 61.2 cm³/mol. The quantitative estimate of drug-likeness (QED) is 0.576. The van der Waals surface area contributed by atoms with E-state index in [1.807, 2.05) is 0 Å². The van der Waals surface area contributed by atoms with Gasteiger partial charge in [0.2, 0.25) is 0 Å². The fourth-order valence-electron chi connectivity index (χ4n) is 1.56. The molecule has 1 saturated carbocycles. The number of esters is 2. The zero-order chi connectivity index (χ0) is 11.3. The molecule has 1 aliphatic carbocycles. The molecule has 1 rings (SSSR count). The Morgan fingerprint density at radius 3 is 1.73 bits per heavy atom. The van der Waals surface area contributed by atoms with E-state index in [0.29, 0.717) is 0 Å². The second kappa shape index (κ2) is 6.48. The molecule has 0 radical (unpaired) electrons. The number of alkyl halides is 2. The Bertz CT molecular complexity index is 220. The minimum Gasteiger partial charge on any atom is -0.458 e. The first kappa shape index (κ1) is 13.0. The monoisotopic (exact) mass is 342 g/mol. The van der Waals surface area contributed by atoms with Crippen molar-refractivity contribution in [3.63, 3.8) is 0 Å². The van der Waals surface area contributed by atoms with Crippen molar-refractivity contribution in [3.05, 3.63) is 0 Å². The number of halogens is 2. The van der Waals surface area contributed by atoms with Crippen LogP contribution < -0.4 is 0 Å². The van der Waals surface area contributed by atoms with Gasteiger partial charge in [0.1, 0.15) is 22.9 Å². The predicted octanol–water partition coefficient (Wildman–Crippen LogP) is 1.78. The number of carbonyl (C=O) groups excluding carboxylic acids is 2. The lowest BCUT2D eigenvalue weighted by Crippen LogP contribution is -2.31. The molecule has 0 N–H and O–H groups in total. The number of rotatable bonds is 4. The van der Waals surface area contributed by atoms with Crippen molar-refractivity contribution in [3.8, 4) is 0 Å². The third-order valence-electron chi connectivity index (χ3n) is 2.18. The molecule has 0 bridgehead atoms. The zero-order valence-electron chi connectivity index (χ0n) is 8.08. The van der Waals surface area contributed by atoms with E-state index in [1.54, 1.807) is 0 Å². The van der Waals surface area contributed by atoms with Gasteiger partial charge in [0, 0.05) is 0 Å². The molecule has 15 heavy (non-hydrogen) atoms. The van der Waals surface area contributed by atoms with E-state index in [9.17, 15) is 9.59 Å². The molecule has 0 unspecified atom stereocenters. The molecule has 0 spiro atoms. The highest BCUT2D eigenvalue weighted by molar-refractivity contribution is 9.09. The van der Waals surface area contributed by atoms with E-state index in [4.69, 9.17) is 9.47 Å². The summed E-state index contributed by atoms with van der Waals surface area (Å²) in [5.41, 5.74) is 0. The lowest BCUT2D eigenvalue weighted by Gasteiger charge is -2.19. The fourth-order valence-corrected chi connectivity index (χ4v) is 1.83. The van der Waals surface area contributed by atoms with Gasteiger partial charge in [-0.1, -0.05) is 31.9 Å². The van der Waals surface area contributed by atoms with Crippen molar-refractivity contribution in [1.29, 1.82) is 0 Å². The van der Waals surface area contributed by atoms with Gasteiger partial charge in [-0.25, -0.2) is 0 Å². The largest absolute Gasteiger partial charge is 0.458 e. The summed E-state index contributed by atoms with van der Waals surface area (Å²) in [4.78, 5) is 22.1. The van der Waals surface area contributed by atoms with Crippen LogP contribution in [0.1, 0.15) is 19.3 Å². The standard InChI is InChI=1S/C9H12Br2O4/c10-4-8(12)14-6-2-1-3-7(6)15-9(13)5-11/h6-7H,1-5H2/t6-,7+. The van der Waals surface area contributed by atoms with Crippen molar-refractivity contribution in [2.45, 2.75) is 31.5 Å². The van der Waals surface area contributed by atoms with E-state index >= 15 is 0 Å². The molecule has 0 heterocycles. The molecule has 0 saturated heterocycles. The maximum Gasteiger partial charge on any atom is 0.316 e. The number of hydrogen-bond acceptors (Lipinski definition) is 4. The molecule has 0 aromatic carbocycles. The Kier molecular flexibility index (Phi) is 5.60. The van der Waals surface area contributed by atoms with Gasteiger partial charge in [0.25, 0.3) is 0 Å². The highest BCUT2D eigenvalue weighted by atomic mass is 79.9. The average molecular weight is 344 g/mol. The third-order valence-corrected chi connectivity index (χ3v) is 3.09. The van der Waals surface area contributed by atoms with Crippen molar-refractivity contribution >= 4 is 43.8 Å². The number of carbonyl (C=O) groups is 2. The summed E-state index contributed by atoms with van der Waals surface area (Å²) in [7, 11) is 0. The van der Waals surface area contributed by atoms with Crippen LogP contribution in [-0.2, 0) is 19.1 Å². The van der Waals surface area contributed by atoms with Crippen LogP contribution in [0.15, 0.2) is 0 Å². The maximum atomic E-state index is 11.0. The highest BCUT2D eigenvalue weighted by Gasteiger charge is 2.33. The average Bonchev–Trinajstić information content (AvgIpc) is 2.65. The Balaban J connectivity index is 2.42. The van der Waals surface area contributed by atoms with Crippen LogP contribution in [-0.4, -0.2) is 34.8 Å². The molecule has 86 valence electrons. The lowest BCUT2D eigenvalue weighted by atomic mass is 10.2. The van der Waals surface area contributed by atoms with Crippen LogP contribution in [0.5, 0.6) is 0 Å². The fraction of sp³-hybridized carbons (Fsp3) is 0.778. The van der Waals surface area contributed by atoms with Gasteiger partial charge in [-0.15, -0.1) is 0 Å². The summed E-state index contributed by atoms with van der Waals surface area (Å²) in [5.74, 6) is -0.636. The molecule has 6 heteroatoms. The van der Waals surface area contributed by atoms with Gasteiger partial charge in [-0.05, 0) is 19.3 Å². The maximum absolute atomic E-state index is 11.0. The van der Waals surface area contributed by atoms with E-state index in [-0.39, 0.29) is 34.8 Å². The second-order valence-electron chi connectivity index (χ2n) is 3.25. The number of ether oxygens (including phenoxy) is 2. The summed E-state index contributed by atoms with van der Waals surface area (Å²) in [6.45, 7) is 0. The normalized spacial score (nSPS) is 24.9. The smallest absolute Gasteiger partial charge is 0.316 e. The Morgan fingerprint density at radius 2 is 1.40 bits per heavy atom. The first-order valence-electron chi connectivity index (χ1n) is 4.68. The van der Waals surface area contributed by atoms with Gasteiger partial charge in [-0.3, -0.25) is 9.59 Å². The minimum atomic E-state index is -0.318. The summed E-state index contributed by atoms with van der Waals surface area (Å²) in [6.07, 6.45) is 1.88. The summed E-state index contributed by atoms with van der Waals surface area (Å²) in [6, 6.07) is 0. The first-order chi connectivity index (χ1) is 7.17. The Labute approximate surface area is 105 Å². The lowest BCUT2D eigenvalue weighted by molar-refractivity contribution is -0.161. The van der Waals surface area contributed by atoms with Gasteiger partial charge in [0.05, 0.1) is 0 Å². The van der Waals surface area contributed by atoms with Gasteiger partial charge in [-0.2, -0.15) is 0 Å². The minimum absolute atomic E-state index is 0.169. The highest BCUT2D eigenvalue weighted by Crippen LogP contribution is 2.25. The summed E-state index contributed by atoms with van der Waals surface area (Å²) < 4.78 is 10.3. The van der Waals surface area contributed by atoms with Crippen molar-refractivity contribution in [1.82, 2.24) is 0 Å². The molecule has 2 atom stereocenters. The molecule has 0 aromatic rings. The Morgan fingerprint density at radius 1 is 1.00 bits per heavy atom. The van der Waals surface area contributed by atoms with Crippen molar-refractivity contribution in [2.24, 2.45) is 0 Å². The SMILES string of the molecule is O=C(CBr)O[C@H]1CCC[C@H]1OC(=O)CBr. The van der Waals surface area contributed by atoms with Crippen LogP contribution in [0.25, 0.3) is 0 Å². The van der Waals surface area contributed by atoms with Crippen LogP contribution in [0, 0.1) is 0 Å². The molecule has 0 aromatic heterocycles. The van der Waals surface area contributed by atoms with Gasteiger partial charge >= 0.3 is 11.9 Å². The van der Waals surface area contributed by atoms with Crippen LogP contribution in [0.3, 0.4) is 0 Å². The van der Waals surface area contributed by atoms with Crippen LogP contribution in [0.4, 0.5) is 0 Å².